The van der Waals surface area contributed by atoms with Crippen molar-refractivity contribution in [1.82, 2.24) is 5.32 Å². The topological polar surface area (TPSA) is 70.9 Å². The molecule has 2 amide bonds. The predicted octanol–water partition coefficient (Wildman–Crippen LogP) is 4.48. The van der Waals surface area contributed by atoms with Gasteiger partial charge in [-0.1, -0.05) is 72.8 Å². The molecule has 1 aliphatic heterocycles. The zero-order valence-electron chi connectivity index (χ0n) is 16.4. The Hall–Kier alpha value is -3.60. The summed E-state index contributed by atoms with van der Waals surface area (Å²) in [6.07, 6.45) is 9.81. The van der Waals surface area contributed by atoms with E-state index in [9.17, 15) is 9.59 Å². The fourth-order valence-corrected chi connectivity index (χ4v) is 4.35. The maximum atomic E-state index is 12.6. The Morgan fingerprint density at radius 3 is 2.73 bits per heavy atom. The number of azo groups is 1. The van der Waals surface area contributed by atoms with Gasteiger partial charge in [0.25, 0.3) is 5.91 Å². The minimum Gasteiger partial charge on any atom is -0.349 e. The smallest absolute Gasteiger partial charge is 0.276 e. The van der Waals surface area contributed by atoms with Gasteiger partial charge in [-0.2, -0.15) is 0 Å². The molecule has 0 bridgehead atoms. The van der Waals surface area contributed by atoms with Crippen LogP contribution >= 0.6 is 0 Å². The van der Waals surface area contributed by atoms with Crippen LogP contribution in [0, 0.1) is 5.92 Å². The van der Waals surface area contributed by atoms with E-state index in [2.05, 4.69) is 27.7 Å². The third-order valence-electron chi connectivity index (χ3n) is 5.87. The van der Waals surface area contributed by atoms with Crippen LogP contribution in [-0.2, 0) is 22.4 Å². The van der Waals surface area contributed by atoms with Gasteiger partial charge < -0.3 is 5.32 Å². The minimum atomic E-state index is -0.359. The van der Waals surface area contributed by atoms with Crippen LogP contribution in [0.1, 0.15) is 34.7 Å². The van der Waals surface area contributed by atoms with E-state index in [1.807, 2.05) is 60.7 Å². The van der Waals surface area contributed by atoms with Gasteiger partial charge in [-0.3, -0.25) is 9.59 Å². The van der Waals surface area contributed by atoms with E-state index in [1.165, 1.54) is 11.1 Å². The average molecular weight is 395 g/mol. The number of carbonyl (C=O) groups is 2. The van der Waals surface area contributed by atoms with Crippen molar-refractivity contribution in [3.05, 3.63) is 101 Å². The molecule has 2 atom stereocenters. The summed E-state index contributed by atoms with van der Waals surface area (Å²) in [4.78, 5) is 24.6. The molecule has 0 aromatic heterocycles. The first-order valence-corrected chi connectivity index (χ1v) is 10.2. The Balaban J connectivity index is 1.29. The van der Waals surface area contributed by atoms with Gasteiger partial charge >= 0.3 is 0 Å². The van der Waals surface area contributed by atoms with E-state index in [0.717, 1.165) is 29.5 Å². The van der Waals surface area contributed by atoms with Crippen LogP contribution in [0.4, 0.5) is 0 Å². The lowest BCUT2D eigenvalue weighted by Gasteiger charge is -2.19. The Bertz CT molecular complexity index is 1140. The second-order valence-corrected chi connectivity index (χ2v) is 7.80. The maximum absolute atomic E-state index is 12.6. The van der Waals surface area contributed by atoms with Crippen LogP contribution in [0.5, 0.6) is 0 Å². The number of carbonyl (C=O) groups excluding carboxylic acids is 2. The molecule has 5 heteroatoms. The summed E-state index contributed by atoms with van der Waals surface area (Å²) in [5.74, 6) is -0.576. The number of allylic oxidation sites excluding steroid dienone is 3. The first-order valence-electron chi connectivity index (χ1n) is 10.2. The Morgan fingerprint density at radius 2 is 1.87 bits per heavy atom. The van der Waals surface area contributed by atoms with Gasteiger partial charge in [0.05, 0.1) is 24.1 Å². The molecule has 0 saturated carbocycles. The van der Waals surface area contributed by atoms with Gasteiger partial charge in [0.2, 0.25) is 5.91 Å². The highest BCUT2D eigenvalue weighted by molar-refractivity contribution is 5.91. The molecule has 1 N–H and O–H groups in total. The average Bonchev–Trinajstić information content (AvgIpc) is 3.18. The Morgan fingerprint density at radius 1 is 1.03 bits per heavy atom. The number of fused-ring (bicyclic) bond motifs is 2. The number of hydrogen-bond acceptors (Lipinski definition) is 3. The molecule has 5 rings (SSSR count). The molecule has 0 saturated heterocycles. The van der Waals surface area contributed by atoms with Crippen molar-refractivity contribution >= 4 is 17.5 Å². The minimum absolute atomic E-state index is 0.0230. The monoisotopic (exact) mass is 395 g/mol. The number of aryl methyl sites for hydroxylation is 1. The highest BCUT2D eigenvalue weighted by Crippen LogP contribution is 2.34. The molecule has 0 spiro atoms. The summed E-state index contributed by atoms with van der Waals surface area (Å²) in [5.41, 5.74) is 5.96. The molecule has 0 radical (unpaired) electrons. The third-order valence-corrected chi connectivity index (χ3v) is 5.87. The third kappa shape index (κ3) is 3.43. The zero-order valence-corrected chi connectivity index (χ0v) is 16.4. The number of amides is 2. The van der Waals surface area contributed by atoms with Crippen LogP contribution in [0.3, 0.4) is 0 Å². The Labute approximate surface area is 174 Å². The van der Waals surface area contributed by atoms with Crippen molar-refractivity contribution in [2.24, 2.45) is 16.1 Å². The van der Waals surface area contributed by atoms with Crippen LogP contribution in [-0.4, -0.2) is 11.8 Å². The summed E-state index contributed by atoms with van der Waals surface area (Å²) in [7, 11) is 0. The number of benzene rings is 2. The maximum Gasteiger partial charge on any atom is 0.276 e. The van der Waals surface area contributed by atoms with Crippen molar-refractivity contribution in [3.63, 3.8) is 0 Å². The molecule has 2 aromatic rings. The van der Waals surface area contributed by atoms with Crippen LogP contribution in [0.2, 0.25) is 0 Å². The molecule has 30 heavy (non-hydrogen) atoms. The zero-order chi connectivity index (χ0) is 20.5. The van der Waals surface area contributed by atoms with E-state index >= 15 is 0 Å². The lowest BCUT2D eigenvalue weighted by Crippen LogP contribution is -2.28. The fourth-order valence-electron chi connectivity index (χ4n) is 4.35. The van der Waals surface area contributed by atoms with Crippen molar-refractivity contribution in [2.75, 3.05) is 0 Å². The first kappa shape index (κ1) is 18.4. The van der Waals surface area contributed by atoms with Crippen molar-refractivity contribution in [1.29, 1.82) is 0 Å². The Kier molecular flexibility index (Phi) is 4.71. The first-order chi connectivity index (χ1) is 14.7. The molecule has 148 valence electrons. The standard InChI is InChI=1S/C25H21N3O2/c29-23(26-22-14-13-17-5-1-2-6-19(17)22)15-16-9-11-18(12-10-16)24-20-7-3-4-8-21(20)25(30)28-27-24/h1-12,21-22H,13-15H2,(H,26,29)/t21?,22-/m1/s1. The van der Waals surface area contributed by atoms with Crippen molar-refractivity contribution in [2.45, 2.75) is 25.3 Å². The molecule has 3 aliphatic rings. The van der Waals surface area contributed by atoms with Crippen molar-refractivity contribution in [3.8, 4) is 0 Å². The molecule has 2 aromatic carbocycles. The van der Waals surface area contributed by atoms with Gasteiger partial charge in [0.1, 0.15) is 0 Å². The predicted molar refractivity (Wildman–Crippen MR) is 114 cm³/mol. The summed E-state index contributed by atoms with van der Waals surface area (Å²) >= 11 is 0. The van der Waals surface area contributed by atoms with E-state index in [4.69, 9.17) is 0 Å². The lowest BCUT2D eigenvalue weighted by atomic mass is 9.89. The van der Waals surface area contributed by atoms with E-state index in [1.54, 1.807) is 0 Å². The van der Waals surface area contributed by atoms with Crippen LogP contribution in [0.15, 0.2) is 88.6 Å². The molecule has 1 heterocycles. The number of hydrogen-bond donors (Lipinski definition) is 1. The molecule has 2 aliphatic carbocycles. The van der Waals surface area contributed by atoms with Gasteiger partial charge in [-0.15, -0.1) is 10.2 Å². The summed E-state index contributed by atoms with van der Waals surface area (Å²) in [5, 5.41) is 11.1. The van der Waals surface area contributed by atoms with Crippen molar-refractivity contribution < 1.29 is 9.59 Å². The quantitative estimate of drug-likeness (QED) is 0.829. The fraction of sp³-hybridized carbons (Fsp3) is 0.200. The summed E-state index contributed by atoms with van der Waals surface area (Å²) < 4.78 is 0. The summed E-state index contributed by atoms with van der Waals surface area (Å²) in [6.45, 7) is 0. The number of nitrogens with one attached hydrogen (secondary N) is 1. The van der Waals surface area contributed by atoms with Gasteiger partial charge in [-0.25, -0.2) is 0 Å². The van der Waals surface area contributed by atoms with E-state index in [0.29, 0.717) is 12.1 Å². The molecular formula is C25H21N3O2. The van der Waals surface area contributed by atoms with E-state index < -0.39 is 0 Å². The second-order valence-electron chi connectivity index (χ2n) is 7.80. The second kappa shape index (κ2) is 7.67. The highest BCUT2D eigenvalue weighted by atomic mass is 16.2. The molecular weight excluding hydrogens is 374 g/mol. The number of rotatable bonds is 4. The van der Waals surface area contributed by atoms with Crippen LogP contribution in [0.25, 0.3) is 5.70 Å². The SMILES string of the molecule is O=C(Cc1ccc(C2=C3C=CC=CC3C(=O)N=N2)cc1)N[C@@H]1CCc2ccccc21. The number of nitrogens with zero attached hydrogens (tertiary/aromatic N) is 2. The van der Waals surface area contributed by atoms with Gasteiger partial charge in [0, 0.05) is 5.56 Å². The highest BCUT2D eigenvalue weighted by Gasteiger charge is 2.28. The van der Waals surface area contributed by atoms with Gasteiger partial charge in [0.15, 0.2) is 0 Å². The summed E-state index contributed by atoms with van der Waals surface area (Å²) in [6, 6.07) is 16.2. The normalized spacial score (nSPS) is 21.5. The van der Waals surface area contributed by atoms with Crippen LogP contribution < -0.4 is 5.32 Å². The molecule has 1 unspecified atom stereocenters. The lowest BCUT2D eigenvalue weighted by molar-refractivity contribution is -0.121. The largest absolute Gasteiger partial charge is 0.349 e. The molecule has 0 fully saturated rings. The van der Waals surface area contributed by atoms with E-state index in [-0.39, 0.29) is 23.8 Å². The molecule has 5 nitrogen and oxygen atoms in total. The van der Waals surface area contributed by atoms with Gasteiger partial charge in [-0.05, 0) is 35.1 Å².